The molecule has 0 fully saturated rings. The predicted octanol–water partition coefficient (Wildman–Crippen LogP) is -2.17. The van der Waals surface area contributed by atoms with Crippen LogP contribution in [-0.4, -0.2) is 94.0 Å². The number of carbonyl (C=O) groups is 3. The van der Waals surface area contributed by atoms with Crippen LogP contribution in [-0.2, 0) is 31.5 Å². The molecule has 0 aliphatic heterocycles. The summed E-state index contributed by atoms with van der Waals surface area (Å²) in [6.45, 7) is -1.03. The van der Waals surface area contributed by atoms with Crippen LogP contribution in [0, 0.1) is 0 Å². The third kappa shape index (κ3) is 11.9. The quantitative estimate of drug-likeness (QED) is 0.311. The Kier molecular flexibility index (Phi) is 12.3. The minimum atomic E-state index is -1.16. The maximum atomic E-state index is 10.6. The Bertz CT molecular complexity index is 311. The molecule has 0 aromatic rings. The minimum Gasteiger partial charge on any atom is -0.480 e. The average Bonchev–Trinajstić information content (AvgIpc) is 2.23. The third-order valence-electron chi connectivity index (χ3n) is 2.23. The summed E-state index contributed by atoms with van der Waals surface area (Å²) in [6.07, 6.45) is 0. The van der Waals surface area contributed by atoms with Gasteiger partial charge in [0.25, 0.3) is 0 Å². The molecule has 0 aliphatic carbocycles. The van der Waals surface area contributed by atoms with Gasteiger partial charge in [0.2, 0.25) is 0 Å². The van der Waals surface area contributed by atoms with Crippen LogP contribution in [0.1, 0.15) is 0 Å². The molecule has 0 aromatic carbocycles. The van der Waals surface area contributed by atoms with Gasteiger partial charge < -0.3 is 20.4 Å². The van der Waals surface area contributed by atoms with E-state index in [1.807, 2.05) is 0 Å². The fourth-order valence-corrected chi connectivity index (χ4v) is 1.48. The zero-order valence-corrected chi connectivity index (χ0v) is 11.9. The van der Waals surface area contributed by atoms with Crippen molar-refractivity contribution >= 4 is 17.9 Å². The van der Waals surface area contributed by atoms with E-state index in [1.165, 1.54) is 9.80 Å². The van der Waals surface area contributed by atoms with Crippen LogP contribution in [0.3, 0.4) is 0 Å². The number of hydrogen-bond acceptors (Lipinski definition) is 6. The SMILES string of the molecule is O=C(O)CN(CCO)CCN(CC(=O)O)CC(=O)O.[Mn]. The van der Waals surface area contributed by atoms with Gasteiger partial charge in [0.1, 0.15) is 0 Å². The molecule has 0 rings (SSSR count). The molecule has 0 aliphatic rings. The van der Waals surface area contributed by atoms with E-state index in [0.717, 1.165) is 0 Å². The molecule has 0 amide bonds. The van der Waals surface area contributed by atoms with Gasteiger partial charge in [0, 0.05) is 36.7 Å². The molecular formula is C10H18MnN2O7. The largest absolute Gasteiger partial charge is 0.480 e. The molecule has 117 valence electrons. The van der Waals surface area contributed by atoms with Crippen molar-refractivity contribution in [2.24, 2.45) is 0 Å². The topological polar surface area (TPSA) is 139 Å². The van der Waals surface area contributed by atoms with Crippen LogP contribution in [0.2, 0.25) is 0 Å². The first-order chi connectivity index (χ1) is 8.85. The van der Waals surface area contributed by atoms with Gasteiger partial charge in [0.15, 0.2) is 0 Å². The molecule has 0 unspecified atom stereocenters. The number of nitrogens with zero attached hydrogens (tertiary/aromatic N) is 2. The van der Waals surface area contributed by atoms with Crippen molar-refractivity contribution in [3.63, 3.8) is 0 Å². The smallest absolute Gasteiger partial charge is 0.317 e. The first-order valence-electron chi connectivity index (χ1n) is 5.56. The molecule has 0 saturated heterocycles. The minimum absolute atomic E-state index is 0. The van der Waals surface area contributed by atoms with Crippen LogP contribution in [0.25, 0.3) is 0 Å². The zero-order chi connectivity index (χ0) is 14.8. The second-order valence-electron chi connectivity index (χ2n) is 3.89. The summed E-state index contributed by atoms with van der Waals surface area (Å²) < 4.78 is 0. The number of aliphatic hydroxyl groups is 1. The van der Waals surface area contributed by atoms with Gasteiger partial charge >= 0.3 is 17.9 Å². The summed E-state index contributed by atoms with van der Waals surface area (Å²) in [6, 6.07) is 0. The van der Waals surface area contributed by atoms with Gasteiger partial charge in [-0.25, -0.2) is 0 Å². The Hall–Kier alpha value is -1.19. The van der Waals surface area contributed by atoms with Gasteiger partial charge in [-0.1, -0.05) is 0 Å². The van der Waals surface area contributed by atoms with E-state index in [4.69, 9.17) is 20.4 Å². The third-order valence-corrected chi connectivity index (χ3v) is 2.23. The summed E-state index contributed by atoms with van der Waals surface area (Å²) in [5.74, 6) is -3.39. The molecule has 0 aromatic heterocycles. The van der Waals surface area contributed by atoms with Gasteiger partial charge in [0.05, 0.1) is 26.2 Å². The summed E-state index contributed by atoms with van der Waals surface area (Å²) in [5.41, 5.74) is 0. The van der Waals surface area contributed by atoms with E-state index in [0.29, 0.717) is 0 Å². The summed E-state index contributed by atoms with van der Waals surface area (Å²) in [4.78, 5) is 34.3. The van der Waals surface area contributed by atoms with Crippen molar-refractivity contribution in [3.8, 4) is 0 Å². The predicted molar refractivity (Wildman–Crippen MR) is 62.9 cm³/mol. The van der Waals surface area contributed by atoms with Crippen molar-refractivity contribution in [3.05, 3.63) is 0 Å². The first kappa shape index (κ1) is 21.1. The summed E-state index contributed by atoms with van der Waals surface area (Å²) >= 11 is 0. The van der Waals surface area contributed by atoms with Crippen LogP contribution in [0.15, 0.2) is 0 Å². The number of carboxylic acid groups (broad SMARTS) is 3. The number of carboxylic acids is 3. The second kappa shape index (κ2) is 11.6. The molecule has 1 radical (unpaired) electrons. The molecule has 0 atom stereocenters. The van der Waals surface area contributed by atoms with Crippen molar-refractivity contribution in [2.75, 3.05) is 45.9 Å². The molecule has 9 nitrogen and oxygen atoms in total. The van der Waals surface area contributed by atoms with E-state index < -0.39 is 31.0 Å². The summed E-state index contributed by atoms with van der Waals surface area (Å²) in [5, 5.41) is 34.7. The van der Waals surface area contributed by atoms with Gasteiger partial charge in [-0.2, -0.15) is 0 Å². The van der Waals surface area contributed by atoms with Gasteiger partial charge in [-0.15, -0.1) is 0 Å². The van der Waals surface area contributed by atoms with E-state index in [2.05, 4.69) is 0 Å². The number of aliphatic carboxylic acids is 3. The van der Waals surface area contributed by atoms with Gasteiger partial charge in [-0.3, -0.25) is 24.2 Å². The Morgan fingerprint density at radius 2 is 1.05 bits per heavy atom. The average molecular weight is 333 g/mol. The van der Waals surface area contributed by atoms with Gasteiger partial charge in [-0.05, 0) is 0 Å². The van der Waals surface area contributed by atoms with Crippen LogP contribution in [0.5, 0.6) is 0 Å². The molecule has 20 heavy (non-hydrogen) atoms. The monoisotopic (exact) mass is 333 g/mol. The Morgan fingerprint density at radius 3 is 1.40 bits per heavy atom. The maximum Gasteiger partial charge on any atom is 0.317 e. The number of aliphatic hydroxyl groups excluding tert-OH is 1. The first-order valence-corrected chi connectivity index (χ1v) is 5.56. The van der Waals surface area contributed by atoms with Crippen LogP contribution >= 0.6 is 0 Å². The second-order valence-corrected chi connectivity index (χ2v) is 3.89. The van der Waals surface area contributed by atoms with E-state index in [1.54, 1.807) is 0 Å². The standard InChI is InChI=1S/C10H18N2O7.Mn/c13-4-3-11(5-8(14)15)1-2-12(6-9(16)17)7-10(18)19;/h13H,1-7H2,(H,14,15)(H,16,17)(H,18,19);. The molecule has 10 heteroatoms. The normalized spacial score (nSPS) is 10.3. The molecular weight excluding hydrogens is 315 g/mol. The van der Waals surface area contributed by atoms with E-state index in [-0.39, 0.29) is 49.9 Å². The Morgan fingerprint density at radius 1 is 0.700 bits per heavy atom. The molecule has 0 saturated carbocycles. The van der Waals surface area contributed by atoms with Crippen molar-refractivity contribution in [1.82, 2.24) is 9.80 Å². The molecule has 4 N–H and O–H groups in total. The van der Waals surface area contributed by atoms with Crippen molar-refractivity contribution < 1.29 is 51.9 Å². The van der Waals surface area contributed by atoms with Crippen molar-refractivity contribution in [2.45, 2.75) is 0 Å². The van der Waals surface area contributed by atoms with Crippen LogP contribution in [0.4, 0.5) is 0 Å². The summed E-state index contributed by atoms with van der Waals surface area (Å²) in [7, 11) is 0. The van der Waals surface area contributed by atoms with E-state index in [9.17, 15) is 14.4 Å². The molecule has 0 heterocycles. The van der Waals surface area contributed by atoms with E-state index >= 15 is 0 Å². The zero-order valence-electron chi connectivity index (χ0n) is 10.7. The number of rotatable bonds is 11. The Labute approximate surface area is 126 Å². The fourth-order valence-electron chi connectivity index (χ4n) is 1.48. The van der Waals surface area contributed by atoms with Crippen molar-refractivity contribution in [1.29, 1.82) is 0 Å². The fraction of sp³-hybridized carbons (Fsp3) is 0.700. The Balaban J connectivity index is 0. The molecule has 0 spiro atoms. The van der Waals surface area contributed by atoms with Crippen LogP contribution < -0.4 is 0 Å². The number of hydrogen-bond donors (Lipinski definition) is 4. The molecule has 0 bridgehead atoms. The maximum absolute atomic E-state index is 10.6.